The predicted molar refractivity (Wildman–Crippen MR) is 344 cm³/mol. The maximum Gasteiger partial charge on any atom is 0.308 e. The fraction of sp³-hybridized carbons (Fsp3) is 0.514. The molecule has 6 aliphatic carbocycles. The largest absolute Gasteiger partial charge is 0.507 e. The molecule has 3 saturated carbocycles. The van der Waals surface area contributed by atoms with E-state index in [9.17, 15) is 45.3 Å². The first kappa shape index (κ1) is 65.5. The maximum atomic E-state index is 16.3. The molecule has 22 nitrogen and oxygen atoms in total. The number of aliphatic hydroxyl groups excluding tert-OH is 3. The van der Waals surface area contributed by atoms with Crippen LogP contribution in [0, 0.1) is 46.8 Å². The van der Waals surface area contributed by atoms with Crippen molar-refractivity contribution in [2.45, 2.75) is 157 Å². The predicted octanol–water partition coefficient (Wildman–Crippen LogP) is 3.43. The van der Waals surface area contributed by atoms with E-state index in [-0.39, 0.29) is 135 Å². The summed E-state index contributed by atoms with van der Waals surface area (Å²) < 4.78 is 32.2. The number of nitrogens with zero attached hydrogens (tertiary/aromatic N) is 1. The van der Waals surface area contributed by atoms with E-state index in [0.717, 1.165) is 56.4 Å². The van der Waals surface area contributed by atoms with Crippen molar-refractivity contribution in [3.8, 4) is 29.1 Å². The molecule has 10 bridgehead atoms. The summed E-state index contributed by atoms with van der Waals surface area (Å²) in [5.74, 6) is -1.39. The van der Waals surface area contributed by atoms with Gasteiger partial charge in [-0.3, -0.25) is 24.2 Å². The van der Waals surface area contributed by atoms with Gasteiger partial charge in [-0.05, 0) is 166 Å². The molecule has 13 rings (SSSR count). The maximum absolute atomic E-state index is 16.3. The molecule has 2 saturated heterocycles. The standard InChI is InChI=1S/C72H84N6O16/c1-35-65(86)72(88,89)66(90-20-19-78-68(74)75)67(91-35)93-64-47-10-6-9-44(73)13-14-45(82)23-38-8-5-7-37(21-38)11-15-46-52(92-36(2)81)26-43(31-79)54-55(46)63(85)56(47)57(62(54)84)61(83)50(64)24-40-12-16-48-59-49-25-41-17-18-70(34-77-4)33-69(59,29-53(41)94-70)28-42-22-39(30-76-3)27-71(87,58(42)49)60(48)51(40)32-80/h5,7-8,11-12,15-18,21,26,32,35,39,41-42,44-45,49,53,58-59,65-67,76-77,79,82-83,86-89H,10,13-14,19-20,22-25,27-31,33-34,73H2,1-4H3,(H4,74,75,78)/b15-11+/t35-,39+,41+,42-,44-,45+,49-,53-,58+,59+,65+,66-,67+,69-,70-,71-/m0/s1. The Hall–Kier alpha value is -7.21. The second-order valence-corrected chi connectivity index (χ2v) is 27.8. The Balaban J connectivity index is 1.06. The molecule has 498 valence electrons. The zero-order chi connectivity index (χ0) is 66.5. The average Bonchev–Trinajstić information content (AvgIpc) is 1.22. The molecule has 3 heterocycles. The van der Waals surface area contributed by atoms with Crippen molar-refractivity contribution in [2.75, 3.05) is 40.3 Å². The Morgan fingerprint density at radius 1 is 0.957 bits per heavy atom. The summed E-state index contributed by atoms with van der Waals surface area (Å²) in [6.45, 7) is 2.29. The summed E-state index contributed by atoms with van der Waals surface area (Å²) in [6, 6.07) is 11.5. The number of aliphatic imine (C=N–C) groups is 1. The number of esters is 1. The van der Waals surface area contributed by atoms with Crippen molar-refractivity contribution in [1.82, 2.24) is 10.6 Å². The Bertz CT molecular complexity index is 3910. The molecule has 22 heteroatoms. The summed E-state index contributed by atoms with van der Waals surface area (Å²) in [5, 5.41) is 92.3. The molecule has 4 aromatic carbocycles. The van der Waals surface area contributed by atoms with Crippen molar-refractivity contribution in [3.05, 3.63) is 133 Å². The van der Waals surface area contributed by atoms with Gasteiger partial charge in [0.2, 0.25) is 12.1 Å². The number of likely N-dealkylation sites (N-methyl/N-ethyl adjacent to an activating group) is 1. The van der Waals surface area contributed by atoms with Crippen LogP contribution in [0.3, 0.4) is 0 Å². The number of aromatic hydroxyl groups is 1. The van der Waals surface area contributed by atoms with Gasteiger partial charge in [-0.25, -0.2) is 0 Å². The third-order valence-electron chi connectivity index (χ3n) is 21.8. The van der Waals surface area contributed by atoms with Crippen LogP contribution >= 0.6 is 0 Å². The molecule has 0 unspecified atom stereocenters. The van der Waals surface area contributed by atoms with Crippen molar-refractivity contribution in [1.29, 1.82) is 0 Å². The molecule has 16 atom stereocenters. The van der Waals surface area contributed by atoms with Crippen LogP contribution in [0.2, 0.25) is 0 Å². The Kier molecular flexibility index (Phi) is 17.5. The van der Waals surface area contributed by atoms with E-state index in [0.29, 0.717) is 30.6 Å². The van der Waals surface area contributed by atoms with Crippen LogP contribution in [0.1, 0.15) is 163 Å². The lowest BCUT2D eigenvalue weighted by Crippen LogP contribution is -2.67. The number of hydrogen-bond acceptors (Lipinski definition) is 20. The molecule has 15 N–H and O–H groups in total. The minimum Gasteiger partial charge on any atom is -0.507 e. The number of ketones is 2. The highest BCUT2D eigenvalue weighted by molar-refractivity contribution is 6.32. The summed E-state index contributed by atoms with van der Waals surface area (Å²) >= 11 is 0. The van der Waals surface area contributed by atoms with Gasteiger partial charge in [0.05, 0.1) is 60.9 Å². The van der Waals surface area contributed by atoms with E-state index < -0.39 is 114 Å². The lowest BCUT2D eigenvalue weighted by Gasteiger charge is -2.66. The average molecular weight is 1290 g/mol. The normalized spacial score (nSPS) is 33.3. The number of aldehydes is 1. The Labute approximate surface area is 544 Å². The summed E-state index contributed by atoms with van der Waals surface area (Å²) in [4.78, 5) is 64.1. The molecule has 9 aliphatic rings. The Morgan fingerprint density at radius 3 is 2.50 bits per heavy atom. The van der Waals surface area contributed by atoms with Crippen molar-refractivity contribution in [3.63, 3.8) is 0 Å². The van der Waals surface area contributed by atoms with Crippen molar-refractivity contribution in [2.24, 2.45) is 57.2 Å². The molecule has 5 fully saturated rings. The number of phenolic OH excluding ortho intramolecular Hbond substituents is 1. The summed E-state index contributed by atoms with van der Waals surface area (Å²) in [5.41, 5.74) is 16.7. The number of aliphatic hydroxyl groups is 6. The molecule has 94 heavy (non-hydrogen) atoms. The smallest absolute Gasteiger partial charge is 0.308 e. The lowest BCUT2D eigenvalue weighted by atomic mass is 9.40. The number of carbonyl (C=O) groups excluding carboxylic acids is 4. The number of nitrogens with two attached hydrogens (primary N) is 3. The van der Waals surface area contributed by atoms with Gasteiger partial charge >= 0.3 is 5.97 Å². The van der Waals surface area contributed by atoms with E-state index in [1.807, 2.05) is 32.3 Å². The highest BCUT2D eigenvalue weighted by Crippen LogP contribution is 2.74. The van der Waals surface area contributed by atoms with Gasteiger partial charge in [-0.1, -0.05) is 66.5 Å². The minimum absolute atomic E-state index is 0.0131. The molecule has 4 aromatic rings. The van der Waals surface area contributed by atoms with Gasteiger partial charge in [0.25, 0.3) is 0 Å². The topological polar surface area (TPSA) is 371 Å². The first-order valence-electron chi connectivity index (χ1n) is 32.8. The van der Waals surface area contributed by atoms with Crippen LogP contribution in [-0.2, 0) is 50.5 Å². The summed E-state index contributed by atoms with van der Waals surface area (Å²) in [7, 11) is 3.83. The van der Waals surface area contributed by atoms with Gasteiger partial charge in [-0.15, -0.1) is 0 Å². The third kappa shape index (κ3) is 11.1. The van der Waals surface area contributed by atoms with E-state index in [2.05, 4.69) is 39.6 Å². The number of fused-ring (bicyclic) bond motifs is 5. The fourth-order valence-corrected chi connectivity index (χ4v) is 18.6. The molecule has 0 aromatic heterocycles. The summed E-state index contributed by atoms with van der Waals surface area (Å²) in [6.07, 6.45) is 4.40. The van der Waals surface area contributed by atoms with E-state index in [1.165, 1.54) is 19.1 Å². The lowest BCUT2D eigenvalue weighted by molar-refractivity contribution is -0.378. The second-order valence-electron chi connectivity index (χ2n) is 27.8. The zero-order valence-electron chi connectivity index (χ0n) is 53.2. The SMILES string of the molecule is CNC[C@@H]1C[C@H]2C[C@@]34C[C@@H]5O[C@@](CNC)(C=C[C@@H]5C[C@H]5[C@@H]2[C@@](O)(C1)c1c(ccc(Cc2c(O)c6c7c(c2O[C@H]2O[C@@H](C)[C@@H](O)C(O)(O)[C@H]2OCCN=C(N)N)CC#C[C@H](N)CC[C@@H](O)Cc2cccc(c2)/C=C/c2c(OC(C)=O)cc(CO)c(c2C7=O)C6=O)c1C=O)[C@H]53)C4. The number of guanidine groups is 1. The first-order valence-corrected chi connectivity index (χ1v) is 32.8. The monoisotopic (exact) mass is 1290 g/mol. The number of nitrogens with one attached hydrogen (secondary N) is 2. The highest BCUT2D eigenvalue weighted by Gasteiger charge is 2.70. The van der Waals surface area contributed by atoms with Crippen LogP contribution in [-0.4, -0.2) is 160 Å². The molecular weight excluding hydrogens is 1200 g/mol. The minimum atomic E-state index is -3.14. The third-order valence-corrected chi connectivity index (χ3v) is 21.8. The van der Waals surface area contributed by atoms with Crippen LogP contribution < -0.4 is 37.3 Å². The van der Waals surface area contributed by atoms with Gasteiger partial charge in [0, 0.05) is 71.2 Å². The number of rotatable bonds is 15. The number of ether oxygens (including phenoxy) is 5. The molecule has 1 spiro atoms. The number of phenols is 1. The van der Waals surface area contributed by atoms with Crippen LogP contribution in [0.15, 0.2) is 59.6 Å². The van der Waals surface area contributed by atoms with Crippen LogP contribution in [0.5, 0.6) is 17.2 Å². The van der Waals surface area contributed by atoms with Crippen molar-refractivity contribution >= 4 is 41.9 Å². The number of benzene rings is 4. The van der Waals surface area contributed by atoms with E-state index in [1.54, 1.807) is 24.3 Å². The quantitative estimate of drug-likeness (QED) is 0.00822. The molecular formula is C72H84N6O16. The van der Waals surface area contributed by atoms with E-state index >= 15 is 9.59 Å². The van der Waals surface area contributed by atoms with Crippen LogP contribution in [0.4, 0.5) is 0 Å². The number of hydrogen-bond donors (Lipinski definition) is 12. The fourth-order valence-electron chi connectivity index (χ4n) is 18.6. The van der Waals surface area contributed by atoms with E-state index in [4.69, 9.17) is 40.9 Å². The van der Waals surface area contributed by atoms with Gasteiger partial charge in [0.15, 0.2) is 29.9 Å². The Morgan fingerprint density at radius 2 is 1.76 bits per heavy atom. The van der Waals surface area contributed by atoms with Crippen LogP contribution in [0.25, 0.3) is 12.2 Å². The van der Waals surface area contributed by atoms with Gasteiger partial charge < -0.3 is 87.3 Å². The molecule has 3 aliphatic heterocycles. The van der Waals surface area contributed by atoms with Crippen molar-refractivity contribution < 1.29 is 78.6 Å². The number of carbonyl (C=O) groups is 4. The zero-order valence-corrected chi connectivity index (χ0v) is 53.2. The molecule has 0 radical (unpaired) electrons. The molecule has 0 amide bonds. The highest BCUT2D eigenvalue weighted by atomic mass is 16.7. The first-order chi connectivity index (χ1) is 45.0. The van der Waals surface area contributed by atoms with Gasteiger partial charge in [0.1, 0.15) is 23.4 Å². The van der Waals surface area contributed by atoms with Gasteiger partial charge in [-0.2, -0.15) is 0 Å². The second kappa shape index (κ2) is 25.1.